The first-order chi connectivity index (χ1) is 13.9. The third-order valence-corrected chi connectivity index (χ3v) is 7.92. The first-order valence-corrected chi connectivity index (χ1v) is 12.9. The van der Waals surface area contributed by atoms with Crippen LogP contribution in [0.4, 0.5) is 0 Å². The van der Waals surface area contributed by atoms with Gasteiger partial charge in [0.05, 0.1) is 6.26 Å². The Morgan fingerprint density at radius 1 is 1.03 bits per heavy atom. The standard InChI is InChI=1S/C20H37N5O3S/c1-21-20(22-14-16-8-12-25(13-9-16)29(2,27)28)23-18-10-11-24(15-18)19(26)17-6-4-3-5-7-17/h16-18H,3-15H2,1-2H3,(H2,21,22,23). The van der Waals surface area contributed by atoms with Crippen molar-refractivity contribution in [2.45, 2.75) is 57.4 Å². The number of rotatable bonds is 5. The van der Waals surface area contributed by atoms with Crippen molar-refractivity contribution in [3.63, 3.8) is 0 Å². The zero-order chi connectivity index (χ0) is 20.9. The Morgan fingerprint density at radius 3 is 2.34 bits per heavy atom. The summed E-state index contributed by atoms with van der Waals surface area (Å²) < 4.78 is 24.8. The average molecular weight is 428 g/mol. The van der Waals surface area contributed by atoms with Crippen molar-refractivity contribution in [3.05, 3.63) is 0 Å². The lowest BCUT2D eigenvalue weighted by atomic mass is 9.88. The van der Waals surface area contributed by atoms with E-state index in [1.165, 1.54) is 25.5 Å². The SMILES string of the molecule is CN=C(NCC1CCN(S(C)(=O)=O)CC1)NC1CCN(C(=O)C2CCCCC2)C1. The van der Waals surface area contributed by atoms with Crippen LogP contribution in [0, 0.1) is 11.8 Å². The van der Waals surface area contributed by atoms with Gasteiger partial charge in [0, 0.05) is 51.7 Å². The minimum atomic E-state index is -3.08. The molecule has 1 amide bonds. The van der Waals surface area contributed by atoms with Crippen LogP contribution in [0.3, 0.4) is 0 Å². The maximum Gasteiger partial charge on any atom is 0.225 e. The number of nitrogens with one attached hydrogen (secondary N) is 2. The number of sulfonamides is 1. The van der Waals surface area contributed by atoms with Crippen LogP contribution in [0.25, 0.3) is 0 Å². The summed E-state index contributed by atoms with van der Waals surface area (Å²) in [6.07, 6.45) is 9.70. The van der Waals surface area contributed by atoms with Crippen LogP contribution in [0.2, 0.25) is 0 Å². The molecule has 166 valence electrons. The van der Waals surface area contributed by atoms with Gasteiger partial charge in [0.25, 0.3) is 0 Å². The molecule has 3 fully saturated rings. The number of hydrogen-bond acceptors (Lipinski definition) is 4. The normalized spacial score (nSPS) is 25.9. The highest BCUT2D eigenvalue weighted by molar-refractivity contribution is 7.88. The highest BCUT2D eigenvalue weighted by Gasteiger charge is 2.32. The molecule has 1 unspecified atom stereocenters. The smallest absolute Gasteiger partial charge is 0.225 e. The number of carbonyl (C=O) groups excluding carboxylic acids is 1. The number of piperidine rings is 1. The fourth-order valence-corrected chi connectivity index (χ4v) is 5.63. The number of hydrogen-bond donors (Lipinski definition) is 2. The first-order valence-electron chi connectivity index (χ1n) is 11.1. The number of nitrogens with zero attached hydrogens (tertiary/aromatic N) is 3. The van der Waals surface area contributed by atoms with E-state index in [4.69, 9.17) is 0 Å². The van der Waals surface area contributed by atoms with Gasteiger partial charge in [0.1, 0.15) is 0 Å². The van der Waals surface area contributed by atoms with Gasteiger partial charge in [-0.05, 0) is 38.0 Å². The second kappa shape index (κ2) is 10.1. The van der Waals surface area contributed by atoms with E-state index in [0.717, 1.165) is 57.7 Å². The Morgan fingerprint density at radius 2 is 1.72 bits per heavy atom. The second-order valence-corrected chi connectivity index (χ2v) is 10.8. The predicted octanol–water partition coefficient (Wildman–Crippen LogP) is 1.00. The summed E-state index contributed by atoms with van der Waals surface area (Å²) in [5.41, 5.74) is 0. The van der Waals surface area contributed by atoms with Crippen LogP contribution in [-0.4, -0.2) is 81.6 Å². The Balaban J connectivity index is 1.39. The maximum absolute atomic E-state index is 12.7. The molecule has 2 aliphatic heterocycles. The Kier molecular flexibility index (Phi) is 7.79. The Bertz CT molecular complexity index is 682. The predicted molar refractivity (Wildman–Crippen MR) is 115 cm³/mol. The summed E-state index contributed by atoms with van der Waals surface area (Å²) in [5, 5.41) is 6.86. The van der Waals surface area contributed by atoms with E-state index in [9.17, 15) is 13.2 Å². The summed E-state index contributed by atoms with van der Waals surface area (Å²) in [6, 6.07) is 0.237. The van der Waals surface area contributed by atoms with Crippen LogP contribution in [0.5, 0.6) is 0 Å². The van der Waals surface area contributed by atoms with Gasteiger partial charge in [-0.1, -0.05) is 19.3 Å². The van der Waals surface area contributed by atoms with E-state index < -0.39 is 10.0 Å². The first kappa shape index (κ1) is 22.3. The minimum absolute atomic E-state index is 0.234. The molecule has 0 spiro atoms. The van der Waals surface area contributed by atoms with Crippen molar-refractivity contribution in [1.82, 2.24) is 19.8 Å². The zero-order valence-corrected chi connectivity index (χ0v) is 18.7. The fourth-order valence-electron chi connectivity index (χ4n) is 4.76. The summed E-state index contributed by atoms with van der Waals surface area (Å²) in [5.74, 6) is 1.79. The molecule has 2 N–H and O–H groups in total. The molecule has 0 bridgehead atoms. The van der Waals surface area contributed by atoms with Gasteiger partial charge in [0.2, 0.25) is 15.9 Å². The molecular weight excluding hydrogens is 390 g/mol. The summed E-state index contributed by atoms with van der Waals surface area (Å²) in [7, 11) is -1.31. The molecule has 1 aliphatic carbocycles. The fraction of sp³-hybridized carbons (Fsp3) is 0.900. The van der Waals surface area contributed by atoms with E-state index in [0.29, 0.717) is 24.9 Å². The van der Waals surface area contributed by atoms with Crippen molar-refractivity contribution in [3.8, 4) is 0 Å². The monoisotopic (exact) mass is 427 g/mol. The van der Waals surface area contributed by atoms with Crippen molar-refractivity contribution < 1.29 is 13.2 Å². The molecule has 3 aliphatic rings. The van der Waals surface area contributed by atoms with E-state index in [1.54, 1.807) is 11.4 Å². The van der Waals surface area contributed by atoms with Crippen molar-refractivity contribution in [2.24, 2.45) is 16.8 Å². The molecule has 0 aromatic heterocycles. The third-order valence-electron chi connectivity index (χ3n) is 6.62. The molecule has 0 radical (unpaired) electrons. The van der Waals surface area contributed by atoms with Crippen LogP contribution in [0.15, 0.2) is 4.99 Å². The van der Waals surface area contributed by atoms with E-state index in [2.05, 4.69) is 15.6 Å². The van der Waals surface area contributed by atoms with Gasteiger partial charge in [-0.2, -0.15) is 0 Å². The largest absolute Gasteiger partial charge is 0.356 e. The minimum Gasteiger partial charge on any atom is -0.356 e. The van der Waals surface area contributed by atoms with E-state index >= 15 is 0 Å². The quantitative estimate of drug-likeness (QED) is 0.504. The lowest BCUT2D eigenvalue weighted by Gasteiger charge is -2.30. The van der Waals surface area contributed by atoms with Gasteiger partial charge in [-0.15, -0.1) is 0 Å². The molecule has 9 heteroatoms. The van der Waals surface area contributed by atoms with Crippen molar-refractivity contribution in [2.75, 3.05) is 46.0 Å². The van der Waals surface area contributed by atoms with E-state index in [1.807, 2.05) is 4.90 Å². The molecule has 0 aromatic carbocycles. The molecule has 1 saturated carbocycles. The zero-order valence-electron chi connectivity index (χ0n) is 17.9. The van der Waals surface area contributed by atoms with Crippen LogP contribution in [0.1, 0.15) is 51.4 Å². The summed E-state index contributed by atoms with van der Waals surface area (Å²) in [6.45, 7) is 3.56. The molecule has 0 aromatic rings. The number of carbonyl (C=O) groups is 1. The lowest BCUT2D eigenvalue weighted by molar-refractivity contribution is -0.135. The van der Waals surface area contributed by atoms with Crippen molar-refractivity contribution >= 4 is 21.9 Å². The number of amides is 1. The van der Waals surface area contributed by atoms with E-state index in [-0.39, 0.29) is 12.0 Å². The number of likely N-dealkylation sites (tertiary alicyclic amines) is 1. The van der Waals surface area contributed by atoms with Gasteiger partial charge in [-0.25, -0.2) is 12.7 Å². The molecule has 29 heavy (non-hydrogen) atoms. The topological polar surface area (TPSA) is 94.1 Å². The Labute approximate surface area is 175 Å². The van der Waals surface area contributed by atoms with Gasteiger partial charge >= 0.3 is 0 Å². The van der Waals surface area contributed by atoms with Gasteiger partial charge in [-0.3, -0.25) is 9.79 Å². The summed E-state index contributed by atoms with van der Waals surface area (Å²) >= 11 is 0. The second-order valence-electron chi connectivity index (χ2n) is 8.81. The average Bonchev–Trinajstić information content (AvgIpc) is 3.19. The third kappa shape index (κ3) is 6.31. The van der Waals surface area contributed by atoms with Crippen LogP contribution >= 0.6 is 0 Å². The van der Waals surface area contributed by atoms with Gasteiger partial charge < -0.3 is 15.5 Å². The van der Waals surface area contributed by atoms with Crippen molar-refractivity contribution in [1.29, 1.82) is 0 Å². The number of guanidine groups is 1. The maximum atomic E-state index is 12.7. The molecule has 3 rings (SSSR count). The van der Waals surface area contributed by atoms with Crippen LogP contribution in [-0.2, 0) is 14.8 Å². The molecule has 2 saturated heterocycles. The summed E-state index contributed by atoms with van der Waals surface area (Å²) in [4.78, 5) is 19.1. The molecule has 1 atom stereocenters. The number of aliphatic imine (C=N–C) groups is 1. The molecule has 2 heterocycles. The molecule has 8 nitrogen and oxygen atoms in total. The Hall–Kier alpha value is -1.35. The lowest BCUT2D eigenvalue weighted by Crippen LogP contribution is -2.47. The molecular formula is C20H37N5O3S. The highest BCUT2D eigenvalue weighted by atomic mass is 32.2. The van der Waals surface area contributed by atoms with Crippen LogP contribution < -0.4 is 10.6 Å². The highest BCUT2D eigenvalue weighted by Crippen LogP contribution is 2.26. The van der Waals surface area contributed by atoms with Gasteiger partial charge in [0.15, 0.2) is 5.96 Å².